The van der Waals surface area contributed by atoms with Gasteiger partial charge in [-0.05, 0) is 37.1 Å². The maximum Gasteiger partial charge on any atom is 0.226 e. The zero-order chi connectivity index (χ0) is 15.5. The number of aliphatic hydroxyl groups is 1. The van der Waals surface area contributed by atoms with Gasteiger partial charge in [0.15, 0.2) is 0 Å². The first-order valence-electron chi connectivity index (χ1n) is 7.31. The number of benzene rings is 1. The van der Waals surface area contributed by atoms with Gasteiger partial charge in [-0.1, -0.05) is 18.8 Å². The molecule has 1 amide bonds. The Morgan fingerprint density at radius 3 is 2.86 bits per heavy atom. The lowest BCUT2D eigenvalue weighted by Gasteiger charge is -2.10. The SMILES string of the molecule is CCOCCC(=O)Nc1ccc(C#CCCO)cc1CC. The summed E-state index contributed by atoms with van der Waals surface area (Å²) in [4.78, 5) is 11.8. The van der Waals surface area contributed by atoms with Crippen molar-refractivity contribution in [2.45, 2.75) is 33.1 Å². The summed E-state index contributed by atoms with van der Waals surface area (Å²) in [5.74, 6) is 5.85. The molecule has 0 bridgehead atoms. The summed E-state index contributed by atoms with van der Waals surface area (Å²) < 4.78 is 5.17. The van der Waals surface area contributed by atoms with Crippen LogP contribution >= 0.6 is 0 Å². The molecule has 0 saturated carbocycles. The van der Waals surface area contributed by atoms with Crippen LogP contribution in [0.15, 0.2) is 18.2 Å². The van der Waals surface area contributed by atoms with E-state index in [1.54, 1.807) is 0 Å². The maximum absolute atomic E-state index is 11.8. The van der Waals surface area contributed by atoms with Gasteiger partial charge in [-0.15, -0.1) is 0 Å². The molecule has 0 aliphatic heterocycles. The average Bonchev–Trinajstić information content (AvgIpc) is 2.49. The Morgan fingerprint density at radius 1 is 1.38 bits per heavy atom. The third kappa shape index (κ3) is 6.44. The first-order valence-corrected chi connectivity index (χ1v) is 7.31. The molecule has 0 aliphatic rings. The summed E-state index contributed by atoms with van der Waals surface area (Å²) in [6.07, 6.45) is 1.64. The normalized spacial score (nSPS) is 9.86. The summed E-state index contributed by atoms with van der Waals surface area (Å²) in [5.41, 5.74) is 2.77. The Bertz CT molecular complexity index is 515. The topological polar surface area (TPSA) is 58.6 Å². The van der Waals surface area contributed by atoms with Crippen LogP contribution in [0, 0.1) is 11.8 Å². The minimum atomic E-state index is -0.0442. The van der Waals surface area contributed by atoms with Crippen LogP contribution in [0.3, 0.4) is 0 Å². The number of aliphatic hydroxyl groups excluding tert-OH is 1. The number of amides is 1. The van der Waals surface area contributed by atoms with Gasteiger partial charge in [0.1, 0.15) is 0 Å². The number of rotatable bonds is 7. The van der Waals surface area contributed by atoms with E-state index in [-0.39, 0.29) is 12.5 Å². The Balaban J connectivity index is 2.70. The lowest BCUT2D eigenvalue weighted by Crippen LogP contribution is -2.15. The molecular formula is C17H23NO3. The van der Waals surface area contributed by atoms with E-state index in [0.717, 1.165) is 23.2 Å². The Morgan fingerprint density at radius 2 is 2.19 bits per heavy atom. The molecule has 4 heteroatoms. The third-order valence-electron chi connectivity index (χ3n) is 2.91. The molecule has 1 aromatic rings. The monoisotopic (exact) mass is 289 g/mol. The Kier molecular flexibility index (Phi) is 8.18. The lowest BCUT2D eigenvalue weighted by atomic mass is 10.1. The second-order valence-electron chi connectivity index (χ2n) is 4.50. The fourth-order valence-electron chi connectivity index (χ4n) is 1.83. The van der Waals surface area contributed by atoms with E-state index >= 15 is 0 Å². The van der Waals surface area contributed by atoms with Gasteiger partial charge in [-0.25, -0.2) is 0 Å². The molecule has 0 atom stereocenters. The fraction of sp³-hybridized carbons (Fsp3) is 0.471. The molecule has 0 heterocycles. The van der Waals surface area contributed by atoms with E-state index < -0.39 is 0 Å². The number of anilines is 1. The summed E-state index contributed by atoms with van der Waals surface area (Å²) in [6, 6.07) is 5.73. The van der Waals surface area contributed by atoms with E-state index in [1.165, 1.54) is 0 Å². The van der Waals surface area contributed by atoms with Crippen LogP contribution in [0.4, 0.5) is 5.69 Å². The number of hydrogen-bond acceptors (Lipinski definition) is 3. The van der Waals surface area contributed by atoms with Crippen LogP contribution in [0.5, 0.6) is 0 Å². The van der Waals surface area contributed by atoms with Gasteiger partial charge < -0.3 is 15.2 Å². The summed E-state index contributed by atoms with van der Waals surface area (Å²) in [6.45, 7) is 5.07. The van der Waals surface area contributed by atoms with Gasteiger partial charge in [-0.2, -0.15) is 0 Å². The van der Waals surface area contributed by atoms with Gasteiger partial charge in [0.05, 0.1) is 19.6 Å². The zero-order valence-electron chi connectivity index (χ0n) is 12.7. The van der Waals surface area contributed by atoms with E-state index in [4.69, 9.17) is 9.84 Å². The molecule has 0 spiro atoms. The number of ether oxygens (including phenoxy) is 1. The number of hydrogen-bond donors (Lipinski definition) is 2. The number of carbonyl (C=O) groups is 1. The molecule has 0 unspecified atom stereocenters. The Labute approximate surface area is 126 Å². The molecular weight excluding hydrogens is 266 g/mol. The van der Waals surface area contributed by atoms with Crippen LogP contribution in [0.2, 0.25) is 0 Å². The van der Waals surface area contributed by atoms with Crippen LogP contribution in [-0.2, 0) is 16.0 Å². The van der Waals surface area contributed by atoms with Crippen molar-refractivity contribution in [2.75, 3.05) is 25.1 Å². The molecule has 2 N–H and O–H groups in total. The smallest absolute Gasteiger partial charge is 0.226 e. The largest absolute Gasteiger partial charge is 0.395 e. The highest BCUT2D eigenvalue weighted by molar-refractivity contribution is 5.91. The molecule has 114 valence electrons. The molecule has 1 aromatic carbocycles. The minimum absolute atomic E-state index is 0.0442. The standard InChI is InChI=1S/C17H23NO3/c1-3-15-13-14(7-5-6-11-19)8-9-16(15)18-17(20)10-12-21-4-2/h8-9,13,19H,3-4,6,10-12H2,1-2H3,(H,18,20). The highest BCUT2D eigenvalue weighted by Crippen LogP contribution is 2.18. The van der Waals surface area contributed by atoms with E-state index in [2.05, 4.69) is 17.2 Å². The number of carbonyl (C=O) groups excluding carboxylic acids is 1. The highest BCUT2D eigenvalue weighted by atomic mass is 16.5. The zero-order valence-corrected chi connectivity index (χ0v) is 12.7. The van der Waals surface area contributed by atoms with Gasteiger partial charge in [0.2, 0.25) is 5.91 Å². The van der Waals surface area contributed by atoms with Crippen LogP contribution in [-0.4, -0.2) is 30.8 Å². The quantitative estimate of drug-likeness (QED) is 0.598. The average molecular weight is 289 g/mol. The van der Waals surface area contributed by atoms with Crippen molar-refractivity contribution in [1.82, 2.24) is 0 Å². The van der Waals surface area contributed by atoms with Crippen molar-refractivity contribution in [1.29, 1.82) is 0 Å². The third-order valence-corrected chi connectivity index (χ3v) is 2.91. The van der Waals surface area contributed by atoms with Crippen molar-refractivity contribution in [3.63, 3.8) is 0 Å². The molecule has 1 rings (SSSR count). The summed E-state index contributed by atoms with van der Waals surface area (Å²) in [5, 5.41) is 11.6. The van der Waals surface area contributed by atoms with Crippen molar-refractivity contribution in [3.05, 3.63) is 29.3 Å². The van der Waals surface area contributed by atoms with Crippen molar-refractivity contribution >= 4 is 11.6 Å². The molecule has 0 radical (unpaired) electrons. The van der Waals surface area contributed by atoms with Gasteiger partial charge in [0.25, 0.3) is 0 Å². The number of nitrogens with one attached hydrogen (secondary N) is 1. The summed E-state index contributed by atoms with van der Waals surface area (Å²) >= 11 is 0. The molecule has 0 fully saturated rings. The summed E-state index contributed by atoms with van der Waals surface area (Å²) in [7, 11) is 0. The molecule has 4 nitrogen and oxygen atoms in total. The first kappa shape index (κ1) is 17.2. The van der Waals surface area contributed by atoms with Crippen LogP contribution < -0.4 is 5.32 Å². The van der Waals surface area contributed by atoms with Gasteiger partial charge >= 0.3 is 0 Å². The predicted octanol–water partition coefficient (Wildman–Crippen LogP) is 2.35. The van der Waals surface area contributed by atoms with Crippen molar-refractivity contribution in [2.24, 2.45) is 0 Å². The van der Waals surface area contributed by atoms with E-state index in [0.29, 0.717) is 26.1 Å². The molecule has 21 heavy (non-hydrogen) atoms. The van der Waals surface area contributed by atoms with Crippen molar-refractivity contribution in [3.8, 4) is 11.8 Å². The highest BCUT2D eigenvalue weighted by Gasteiger charge is 2.06. The minimum Gasteiger partial charge on any atom is -0.395 e. The van der Waals surface area contributed by atoms with Crippen molar-refractivity contribution < 1.29 is 14.6 Å². The fourth-order valence-corrected chi connectivity index (χ4v) is 1.83. The second kappa shape index (κ2) is 9.98. The first-order chi connectivity index (χ1) is 10.2. The predicted molar refractivity (Wildman–Crippen MR) is 84.1 cm³/mol. The maximum atomic E-state index is 11.8. The van der Waals surface area contributed by atoms with E-state index in [9.17, 15) is 4.79 Å². The van der Waals surface area contributed by atoms with Gasteiger partial charge in [0, 0.05) is 24.3 Å². The lowest BCUT2D eigenvalue weighted by molar-refractivity contribution is -0.117. The molecule has 0 aromatic heterocycles. The number of aryl methyl sites for hydroxylation is 1. The van der Waals surface area contributed by atoms with E-state index in [1.807, 2.05) is 32.0 Å². The molecule has 0 saturated heterocycles. The van der Waals surface area contributed by atoms with Crippen LogP contribution in [0.25, 0.3) is 0 Å². The van der Waals surface area contributed by atoms with Gasteiger partial charge in [-0.3, -0.25) is 4.79 Å². The second-order valence-corrected chi connectivity index (χ2v) is 4.50. The molecule has 0 aliphatic carbocycles. The Hall–Kier alpha value is -1.83. The van der Waals surface area contributed by atoms with Crippen LogP contribution in [0.1, 0.15) is 37.8 Å².